The lowest BCUT2D eigenvalue weighted by Crippen LogP contribution is -2.22. The van der Waals surface area contributed by atoms with Gasteiger partial charge >= 0.3 is 6.03 Å². The van der Waals surface area contributed by atoms with Crippen LogP contribution in [0.2, 0.25) is 0 Å². The summed E-state index contributed by atoms with van der Waals surface area (Å²) >= 11 is 17.0. The van der Waals surface area contributed by atoms with Crippen LogP contribution in [0.4, 0.5) is 4.79 Å². The third kappa shape index (κ3) is 2.26. The molecule has 0 aromatic carbocycles. The summed E-state index contributed by atoms with van der Waals surface area (Å²) in [4.78, 5) is 11.9. The molecule has 0 unspecified atom stereocenters. The number of alkyl halides is 3. The van der Waals surface area contributed by atoms with Gasteiger partial charge in [-0.15, -0.1) is 10.2 Å². The number of hydrogen-bond donors (Lipinski definition) is 0. The van der Waals surface area contributed by atoms with Crippen LogP contribution < -0.4 is 0 Å². The summed E-state index contributed by atoms with van der Waals surface area (Å²) in [5, 5.41) is 14.3. The van der Waals surface area contributed by atoms with Gasteiger partial charge in [0.15, 0.2) is 0 Å². The van der Waals surface area contributed by atoms with E-state index in [9.17, 15) is 4.79 Å². The summed E-state index contributed by atoms with van der Waals surface area (Å²) < 4.78 is 0.237. The maximum absolute atomic E-state index is 11.9. The van der Waals surface area contributed by atoms with E-state index in [4.69, 9.17) is 34.8 Å². The van der Waals surface area contributed by atoms with Crippen molar-refractivity contribution >= 4 is 40.8 Å². The fraction of sp³-hybridized carbons (Fsp3) is 0.286. The molecule has 0 aliphatic carbocycles. The Morgan fingerprint density at radius 3 is 2.53 bits per heavy atom. The van der Waals surface area contributed by atoms with Gasteiger partial charge in [-0.05, 0) is 6.92 Å². The smallest absolute Gasteiger partial charge is 0.243 e. The van der Waals surface area contributed by atoms with E-state index >= 15 is 0 Å². The topological polar surface area (TPSA) is 78.5 Å². The first-order chi connectivity index (χ1) is 7.91. The normalized spacial score (nSPS) is 11.8. The molecule has 0 spiro atoms. The van der Waals surface area contributed by atoms with Gasteiger partial charge in [0.2, 0.25) is 3.79 Å². The standard InChI is InChI=1S/C7H5Cl3N6O/c1-4-5(7(8,9)10)12-14-16(4)6(17)15-3-2-11-13-15/h2-3H,1H3. The van der Waals surface area contributed by atoms with Gasteiger partial charge in [0.05, 0.1) is 18.1 Å². The largest absolute Gasteiger partial charge is 0.372 e. The third-order valence-corrected chi connectivity index (χ3v) is 2.50. The van der Waals surface area contributed by atoms with E-state index in [0.29, 0.717) is 5.69 Å². The molecule has 0 saturated carbocycles. The van der Waals surface area contributed by atoms with E-state index < -0.39 is 9.82 Å². The van der Waals surface area contributed by atoms with Gasteiger partial charge in [0.25, 0.3) is 0 Å². The second kappa shape index (κ2) is 4.25. The summed E-state index contributed by atoms with van der Waals surface area (Å²) in [5.41, 5.74) is 0.418. The van der Waals surface area contributed by atoms with E-state index in [0.717, 1.165) is 9.36 Å². The molecule has 2 aromatic rings. The number of carbonyl (C=O) groups is 1. The van der Waals surface area contributed by atoms with Crippen molar-refractivity contribution in [2.75, 3.05) is 0 Å². The third-order valence-electron chi connectivity index (χ3n) is 1.96. The van der Waals surface area contributed by atoms with Crippen molar-refractivity contribution in [1.82, 2.24) is 30.0 Å². The van der Waals surface area contributed by atoms with Gasteiger partial charge < -0.3 is 0 Å². The maximum atomic E-state index is 11.9. The average molecular weight is 296 g/mol. The predicted molar refractivity (Wildman–Crippen MR) is 60.2 cm³/mol. The average Bonchev–Trinajstić information content (AvgIpc) is 2.83. The molecule has 0 fully saturated rings. The highest BCUT2D eigenvalue weighted by Crippen LogP contribution is 2.38. The molecule has 10 heteroatoms. The SMILES string of the molecule is Cc1c(C(Cl)(Cl)Cl)nnn1C(=O)n1ccnn1. The Balaban J connectivity index is 2.42. The van der Waals surface area contributed by atoms with Gasteiger partial charge in [-0.25, -0.2) is 4.79 Å². The zero-order chi connectivity index (χ0) is 12.6. The lowest BCUT2D eigenvalue weighted by Gasteiger charge is -2.07. The molecule has 2 aromatic heterocycles. The summed E-state index contributed by atoms with van der Waals surface area (Å²) in [5.74, 6) is 0. The molecule has 2 rings (SSSR count). The van der Waals surface area contributed by atoms with Crippen molar-refractivity contribution in [3.63, 3.8) is 0 Å². The molecular weight excluding hydrogens is 290 g/mol. The molecule has 0 atom stereocenters. The molecule has 0 bridgehead atoms. The number of aromatic nitrogens is 6. The van der Waals surface area contributed by atoms with Crippen molar-refractivity contribution in [2.24, 2.45) is 0 Å². The molecule has 0 aliphatic heterocycles. The second-order valence-electron chi connectivity index (χ2n) is 3.06. The minimum absolute atomic E-state index is 0.0935. The van der Waals surface area contributed by atoms with Crippen LogP contribution in [0.1, 0.15) is 11.4 Å². The lowest BCUT2D eigenvalue weighted by molar-refractivity contribution is 0.236. The minimum atomic E-state index is -1.73. The molecule has 90 valence electrons. The van der Waals surface area contributed by atoms with Crippen molar-refractivity contribution in [2.45, 2.75) is 10.7 Å². The number of carbonyl (C=O) groups excluding carboxylic acids is 1. The molecule has 7 nitrogen and oxygen atoms in total. The highest BCUT2D eigenvalue weighted by molar-refractivity contribution is 6.66. The summed E-state index contributed by atoms with van der Waals surface area (Å²) in [6.45, 7) is 1.56. The number of nitrogens with zero attached hydrogens (tertiary/aromatic N) is 6. The first-order valence-corrected chi connectivity index (χ1v) is 5.45. The quantitative estimate of drug-likeness (QED) is 0.689. The Morgan fingerprint density at radius 1 is 1.35 bits per heavy atom. The second-order valence-corrected chi connectivity index (χ2v) is 5.34. The van der Waals surface area contributed by atoms with Crippen LogP contribution in [-0.2, 0) is 3.79 Å². The van der Waals surface area contributed by atoms with Crippen LogP contribution in [-0.4, -0.2) is 36.0 Å². The van der Waals surface area contributed by atoms with E-state index in [-0.39, 0.29) is 5.69 Å². The zero-order valence-corrected chi connectivity index (χ0v) is 10.6. The van der Waals surface area contributed by atoms with Crippen molar-refractivity contribution < 1.29 is 4.79 Å². The van der Waals surface area contributed by atoms with Gasteiger partial charge in [-0.1, -0.05) is 45.2 Å². The van der Waals surface area contributed by atoms with E-state index in [1.54, 1.807) is 6.92 Å². The Morgan fingerprint density at radius 2 is 2.06 bits per heavy atom. The van der Waals surface area contributed by atoms with E-state index in [1.807, 2.05) is 0 Å². The lowest BCUT2D eigenvalue weighted by atomic mass is 10.4. The monoisotopic (exact) mass is 294 g/mol. The highest BCUT2D eigenvalue weighted by atomic mass is 35.6. The molecular formula is C7H5Cl3N6O. The number of rotatable bonds is 0. The Kier molecular flexibility index (Phi) is 3.07. The van der Waals surface area contributed by atoms with E-state index in [1.165, 1.54) is 12.4 Å². The molecule has 0 aliphatic rings. The Hall–Kier alpha value is -1.18. The van der Waals surface area contributed by atoms with Crippen LogP contribution in [0, 0.1) is 6.92 Å². The van der Waals surface area contributed by atoms with Crippen LogP contribution in [0.5, 0.6) is 0 Å². The van der Waals surface area contributed by atoms with Gasteiger partial charge in [-0.2, -0.15) is 9.36 Å². The number of halogens is 3. The summed E-state index contributed by atoms with van der Waals surface area (Å²) in [6, 6.07) is -0.562. The molecule has 0 amide bonds. The van der Waals surface area contributed by atoms with Crippen LogP contribution in [0.15, 0.2) is 12.4 Å². The van der Waals surface area contributed by atoms with Gasteiger partial charge in [-0.3, -0.25) is 0 Å². The summed E-state index contributed by atoms with van der Waals surface area (Å²) in [7, 11) is 0. The van der Waals surface area contributed by atoms with Crippen LogP contribution in [0.25, 0.3) is 0 Å². The Labute approximate surface area is 110 Å². The predicted octanol–water partition coefficient (Wildman–Crippen LogP) is 1.52. The van der Waals surface area contributed by atoms with Gasteiger partial charge in [0, 0.05) is 0 Å². The van der Waals surface area contributed by atoms with Crippen molar-refractivity contribution in [3.05, 3.63) is 23.8 Å². The van der Waals surface area contributed by atoms with Gasteiger partial charge in [0.1, 0.15) is 5.69 Å². The molecule has 2 heterocycles. The summed E-state index contributed by atoms with van der Waals surface area (Å²) in [6.07, 6.45) is 2.73. The molecule has 0 N–H and O–H groups in total. The van der Waals surface area contributed by atoms with Crippen LogP contribution >= 0.6 is 34.8 Å². The molecule has 17 heavy (non-hydrogen) atoms. The minimum Gasteiger partial charge on any atom is -0.243 e. The molecule has 0 radical (unpaired) electrons. The molecule has 0 saturated heterocycles. The van der Waals surface area contributed by atoms with Crippen molar-refractivity contribution in [3.8, 4) is 0 Å². The maximum Gasteiger partial charge on any atom is 0.372 e. The first kappa shape index (κ1) is 12.3. The van der Waals surface area contributed by atoms with Crippen LogP contribution in [0.3, 0.4) is 0 Å². The first-order valence-electron chi connectivity index (χ1n) is 4.32. The fourth-order valence-electron chi connectivity index (χ4n) is 1.18. The zero-order valence-electron chi connectivity index (χ0n) is 8.38. The Bertz CT molecular complexity index is 542. The van der Waals surface area contributed by atoms with Crippen molar-refractivity contribution in [1.29, 1.82) is 0 Å². The fourth-order valence-corrected chi connectivity index (χ4v) is 1.70. The number of hydrogen-bond acceptors (Lipinski definition) is 5. The van der Waals surface area contributed by atoms with E-state index in [2.05, 4.69) is 20.6 Å². The highest BCUT2D eigenvalue weighted by Gasteiger charge is 2.31.